The molecule has 0 heterocycles. The van der Waals surface area contributed by atoms with Crippen LogP contribution in [0, 0.1) is 0 Å². The molecule has 0 aromatic heterocycles. The predicted molar refractivity (Wildman–Crippen MR) is 109 cm³/mol. The standard InChI is InChI=1S/C22H34N2/c1-15(2)23(16(3)4)20-13-9-11-19-12-10-14-21(22(19)20)24(17(5)6)18(7)8/h9-18H,1-8H3. The van der Waals surface area contributed by atoms with Crippen LogP contribution in [0.25, 0.3) is 10.8 Å². The summed E-state index contributed by atoms with van der Waals surface area (Å²) >= 11 is 0. The Labute approximate surface area is 148 Å². The Morgan fingerprint density at radius 2 is 0.875 bits per heavy atom. The Morgan fingerprint density at radius 3 is 1.17 bits per heavy atom. The average molecular weight is 327 g/mol. The van der Waals surface area contributed by atoms with Crippen molar-refractivity contribution < 1.29 is 0 Å². The number of fused-ring (bicyclic) bond motifs is 1. The van der Waals surface area contributed by atoms with Crippen molar-refractivity contribution >= 4 is 22.1 Å². The third kappa shape index (κ3) is 3.53. The van der Waals surface area contributed by atoms with Crippen LogP contribution in [0.2, 0.25) is 0 Å². The SMILES string of the molecule is CC(C)N(c1cccc2cccc(N(C(C)C)C(C)C)c12)C(C)C. The molecule has 2 aromatic rings. The molecule has 0 aliphatic rings. The monoisotopic (exact) mass is 326 g/mol. The minimum atomic E-state index is 0.468. The van der Waals surface area contributed by atoms with E-state index in [1.165, 1.54) is 22.1 Å². The smallest absolute Gasteiger partial charge is 0.0471 e. The fourth-order valence-electron chi connectivity index (χ4n) is 4.04. The van der Waals surface area contributed by atoms with E-state index in [0.717, 1.165) is 0 Å². The summed E-state index contributed by atoms with van der Waals surface area (Å²) in [7, 11) is 0. The van der Waals surface area contributed by atoms with Gasteiger partial charge in [-0.25, -0.2) is 0 Å². The molecule has 0 spiro atoms. The second kappa shape index (κ2) is 7.46. The number of anilines is 2. The number of benzene rings is 2. The summed E-state index contributed by atoms with van der Waals surface area (Å²) in [4.78, 5) is 5.06. The van der Waals surface area contributed by atoms with Gasteiger partial charge in [0.1, 0.15) is 0 Å². The van der Waals surface area contributed by atoms with E-state index in [4.69, 9.17) is 0 Å². The van der Waals surface area contributed by atoms with Crippen molar-refractivity contribution in [2.45, 2.75) is 79.6 Å². The molecule has 0 bridgehead atoms. The third-order valence-electron chi connectivity index (χ3n) is 4.64. The van der Waals surface area contributed by atoms with Crippen molar-refractivity contribution in [3.8, 4) is 0 Å². The molecule has 2 rings (SSSR count). The normalized spacial score (nSPS) is 12.0. The molecule has 24 heavy (non-hydrogen) atoms. The first-order valence-electron chi connectivity index (χ1n) is 9.34. The fourth-order valence-corrected chi connectivity index (χ4v) is 4.04. The van der Waals surface area contributed by atoms with Gasteiger partial charge in [0, 0.05) is 40.9 Å². The first-order chi connectivity index (χ1) is 11.3. The van der Waals surface area contributed by atoms with Crippen LogP contribution in [-0.2, 0) is 0 Å². The lowest BCUT2D eigenvalue weighted by molar-refractivity contribution is 0.605. The molecule has 2 nitrogen and oxygen atoms in total. The second-order valence-electron chi connectivity index (χ2n) is 7.84. The van der Waals surface area contributed by atoms with E-state index in [1.54, 1.807) is 0 Å². The Kier molecular flexibility index (Phi) is 5.79. The summed E-state index contributed by atoms with van der Waals surface area (Å²) in [6.07, 6.45) is 0. The fraction of sp³-hybridized carbons (Fsp3) is 0.545. The van der Waals surface area contributed by atoms with Gasteiger partial charge in [0.05, 0.1) is 0 Å². The minimum absolute atomic E-state index is 0.468. The summed E-state index contributed by atoms with van der Waals surface area (Å²) in [5.41, 5.74) is 2.69. The van der Waals surface area contributed by atoms with Gasteiger partial charge in [-0.3, -0.25) is 0 Å². The number of hydrogen-bond donors (Lipinski definition) is 0. The largest absolute Gasteiger partial charge is 0.366 e. The lowest BCUT2D eigenvalue weighted by atomic mass is 10.0. The van der Waals surface area contributed by atoms with E-state index in [0.29, 0.717) is 24.2 Å². The van der Waals surface area contributed by atoms with Gasteiger partial charge in [-0.15, -0.1) is 0 Å². The van der Waals surface area contributed by atoms with E-state index in [-0.39, 0.29) is 0 Å². The van der Waals surface area contributed by atoms with Crippen LogP contribution >= 0.6 is 0 Å². The second-order valence-corrected chi connectivity index (χ2v) is 7.84. The van der Waals surface area contributed by atoms with Gasteiger partial charge in [0.25, 0.3) is 0 Å². The van der Waals surface area contributed by atoms with Gasteiger partial charge < -0.3 is 9.80 Å². The molecule has 0 fully saturated rings. The van der Waals surface area contributed by atoms with Crippen molar-refractivity contribution in [3.63, 3.8) is 0 Å². The quantitative estimate of drug-likeness (QED) is 0.634. The van der Waals surface area contributed by atoms with Crippen molar-refractivity contribution in [1.29, 1.82) is 0 Å². The highest BCUT2D eigenvalue weighted by Gasteiger charge is 2.22. The Hall–Kier alpha value is -1.70. The zero-order valence-corrected chi connectivity index (χ0v) is 16.7. The molecule has 2 aromatic carbocycles. The highest BCUT2D eigenvalue weighted by atomic mass is 15.2. The topological polar surface area (TPSA) is 6.48 Å². The molecule has 2 heteroatoms. The van der Waals surface area contributed by atoms with Gasteiger partial charge in [0.15, 0.2) is 0 Å². The van der Waals surface area contributed by atoms with E-state index in [1.807, 2.05) is 0 Å². The van der Waals surface area contributed by atoms with Gasteiger partial charge >= 0.3 is 0 Å². The molecule has 0 unspecified atom stereocenters. The van der Waals surface area contributed by atoms with Crippen LogP contribution in [0.4, 0.5) is 11.4 Å². The number of nitrogens with zero attached hydrogens (tertiary/aromatic N) is 2. The molecule has 0 atom stereocenters. The van der Waals surface area contributed by atoms with Gasteiger partial charge in [-0.1, -0.05) is 24.3 Å². The maximum atomic E-state index is 2.53. The Morgan fingerprint density at radius 1 is 0.542 bits per heavy atom. The maximum absolute atomic E-state index is 2.53. The van der Waals surface area contributed by atoms with Gasteiger partial charge in [-0.2, -0.15) is 0 Å². The molecule has 0 saturated heterocycles. The minimum Gasteiger partial charge on any atom is -0.366 e. The molecule has 0 aliphatic heterocycles. The molecule has 0 amide bonds. The lowest BCUT2D eigenvalue weighted by Gasteiger charge is -2.38. The van der Waals surface area contributed by atoms with Crippen molar-refractivity contribution in [2.75, 3.05) is 9.80 Å². The van der Waals surface area contributed by atoms with Crippen LogP contribution in [0.1, 0.15) is 55.4 Å². The molecule has 0 N–H and O–H groups in total. The predicted octanol–water partition coefficient (Wildman–Crippen LogP) is 6.09. The van der Waals surface area contributed by atoms with Crippen LogP contribution in [0.15, 0.2) is 36.4 Å². The molecule has 0 saturated carbocycles. The van der Waals surface area contributed by atoms with Crippen LogP contribution < -0.4 is 9.80 Å². The number of rotatable bonds is 6. The van der Waals surface area contributed by atoms with Gasteiger partial charge in [0.2, 0.25) is 0 Å². The summed E-state index contributed by atoms with van der Waals surface area (Å²) in [6.45, 7) is 18.3. The van der Waals surface area contributed by atoms with Crippen molar-refractivity contribution in [1.82, 2.24) is 0 Å². The first kappa shape index (κ1) is 18.6. The molecule has 0 radical (unpaired) electrons. The molecule has 132 valence electrons. The zero-order chi connectivity index (χ0) is 18.0. The van der Waals surface area contributed by atoms with E-state index in [9.17, 15) is 0 Å². The maximum Gasteiger partial charge on any atom is 0.0471 e. The van der Waals surface area contributed by atoms with E-state index >= 15 is 0 Å². The summed E-state index contributed by atoms with van der Waals surface area (Å²) < 4.78 is 0. The van der Waals surface area contributed by atoms with E-state index < -0.39 is 0 Å². The first-order valence-corrected chi connectivity index (χ1v) is 9.34. The third-order valence-corrected chi connectivity index (χ3v) is 4.64. The summed E-state index contributed by atoms with van der Waals surface area (Å²) in [5, 5.41) is 2.70. The van der Waals surface area contributed by atoms with E-state index in [2.05, 4.69) is 102 Å². The highest BCUT2D eigenvalue weighted by molar-refractivity contribution is 6.04. The van der Waals surface area contributed by atoms with Crippen molar-refractivity contribution in [3.05, 3.63) is 36.4 Å². The van der Waals surface area contributed by atoms with Crippen LogP contribution in [0.3, 0.4) is 0 Å². The van der Waals surface area contributed by atoms with Crippen LogP contribution in [0.5, 0.6) is 0 Å². The van der Waals surface area contributed by atoms with Crippen LogP contribution in [-0.4, -0.2) is 24.2 Å². The Balaban J connectivity index is 2.79. The molecule has 0 aliphatic carbocycles. The summed E-state index contributed by atoms with van der Waals surface area (Å²) in [5.74, 6) is 0. The summed E-state index contributed by atoms with van der Waals surface area (Å²) in [6, 6.07) is 15.3. The Bertz CT molecular complexity index is 600. The molecular formula is C22H34N2. The molecular weight excluding hydrogens is 292 g/mol. The zero-order valence-electron chi connectivity index (χ0n) is 16.7. The van der Waals surface area contributed by atoms with Crippen molar-refractivity contribution in [2.24, 2.45) is 0 Å². The van der Waals surface area contributed by atoms with Gasteiger partial charge in [-0.05, 0) is 72.9 Å². The average Bonchev–Trinajstić information content (AvgIpc) is 2.46. The number of hydrogen-bond acceptors (Lipinski definition) is 2. The lowest BCUT2D eigenvalue weighted by Crippen LogP contribution is -2.39. The highest BCUT2D eigenvalue weighted by Crippen LogP contribution is 2.38.